The highest BCUT2D eigenvalue weighted by molar-refractivity contribution is 8.76. The molecule has 422 valence electrons. The van der Waals surface area contributed by atoms with Gasteiger partial charge in [-0.05, 0) is 47.9 Å². The first-order valence-corrected chi connectivity index (χ1v) is 28.7. The van der Waals surface area contributed by atoms with E-state index >= 15 is 4.57 Å². The Bertz CT molecular complexity index is 3160. The number of hydrogen-bond donors (Lipinski definition) is 2. The van der Waals surface area contributed by atoms with E-state index in [0.29, 0.717) is 33.9 Å². The zero-order chi connectivity index (χ0) is 56.3. The number of nitrogens with one attached hydrogen (secondary N) is 2. The highest BCUT2D eigenvalue weighted by Crippen LogP contribution is 2.57. The summed E-state index contributed by atoms with van der Waals surface area (Å²) in [6.07, 6.45) is -5.31. The Morgan fingerprint density at radius 2 is 1.20 bits per heavy atom. The van der Waals surface area contributed by atoms with Crippen LogP contribution in [0.5, 0.6) is 11.5 Å². The predicted molar refractivity (Wildman–Crippen MR) is 287 cm³/mol. The Hall–Kier alpha value is -6.11. The Balaban J connectivity index is 1.22. The summed E-state index contributed by atoms with van der Waals surface area (Å²) in [4.78, 5) is 81.0. The Kier molecular flexibility index (Phi) is 20.1. The number of aromatic amines is 2. The number of nitrogens with zero attached hydrogens (tertiary/aromatic N) is 2. The van der Waals surface area contributed by atoms with E-state index in [-0.39, 0.29) is 31.0 Å². The number of esters is 1. The van der Waals surface area contributed by atoms with Crippen LogP contribution in [-0.2, 0) is 66.5 Å². The van der Waals surface area contributed by atoms with Gasteiger partial charge in [-0.25, -0.2) is 14.2 Å². The van der Waals surface area contributed by atoms with Crippen LogP contribution >= 0.6 is 29.4 Å². The number of aromatic nitrogens is 4. The lowest BCUT2D eigenvalue weighted by atomic mass is 9.80. The molecule has 3 fully saturated rings. The number of ether oxygens (including phenoxy) is 9. The molecule has 5 heterocycles. The minimum atomic E-state index is -5.13. The largest absolute Gasteiger partial charge is 0.497 e. The number of H-pyrrole nitrogens is 2. The van der Waals surface area contributed by atoms with Crippen LogP contribution in [0.1, 0.15) is 48.9 Å². The average Bonchev–Trinajstić information content (AvgIpc) is 4.20. The number of methoxy groups -OCH3 is 4. The number of phosphoric acid groups is 1. The van der Waals surface area contributed by atoms with E-state index in [1.807, 2.05) is 54.6 Å². The summed E-state index contributed by atoms with van der Waals surface area (Å²) in [6, 6.07) is 26.1. The molecule has 3 aromatic carbocycles. The van der Waals surface area contributed by atoms with Crippen LogP contribution in [-0.4, -0.2) is 139 Å². The van der Waals surface area contributed by atoms with Crippen molar-refractivity contribution in [2.75, 3.05) is 59.8 Å². The Morgan fingerprint density at radius 1 is 0.684 bits per heavy atom. The normalized spacial score (nSPS) is 24.8. The molecule has 2 N–H and O–H groups in total. The van der Waals surface area contributed by atoms with Gasteiger partial charge < -0.3 is 47.4 Å². The van der Waals surface area contributed by atoms with Crippen molar-refractivity contribution in [2.24, 2.45) is 0 Å². The van der Waals surface area contributed by atoms with E-state index in [1.54, 1.807) is 38.5 Å². The van der Waals surface area contributed by atoms with Gasteiger partial charge in [0.15, 0.2) is 18.6 Å². The molecule has 26 heteroatoms. The van der Waals surface area contributed by atoms with Gasteiger partial charge >= 0.3 is 25.2 Å². The second-order valence-electron chi connectivity index (χ2n) is 18.1. The first-order chi connectivity index (χ1) is 38.1. The summed E-state index contributed by atoms with van der Waals surface area (Å²) in [5, 5.41) is 0. The molecular formula is C53H59N4O19PS2. The molecule has 0 aliphatic carbocycles. The molecule has 0 spiro atoms. The van der Waals surface area contributed by atoms with Crippen LogP contribution in [0.15, 0.2) is 123 Å². The molecule has 1 unspecified atom stereocenters. The van der Waals surface area contributed by atoms with Crippen molar-refractivity contribution in [3.63, 3.8) is 0 Å². The quantitative estimate of drug-likeness (QED) is 0.0267. The van der Waals surface area contributed by atoms with Gasteiger partial charge in [0, 0.05) is 56.7 Å². The maximum Gasteiger partial charge on any atom is 0.475 e. The lowest BCUT2D eigenvalue weighted by molar-refractivity contribution is -0.158. The van der Waals surface area contributed by atoms with Crippen LogP contribution < -0.4 is 32.0 Å². The van der Waals surface area contributed by atoms with Crippen LogP contribution in [0.25, 0.3) is 0 Å². The van der Waals surface area contributed by atoms with Crippen molar-refractivity contribution in [2.45, 2.75) is 86.7 Å². The molecular weight excluding hydrogens is 1090 g/mol. The standard InChI is InChI=1S/C53H59N4O19PS2/c1-7-27-69-40-30-78-79-31-41(40)75-77(64,71-29-39-45(74-44(61)22-13-32(2)58)47(67-5)49(73-39)56-25-23-42(59)54-51(56)62)76-46-38(72-50(48(46)68-6)57-26-24-43(60)55-52(57)63)28-70-53(33-11-9-8-10-12-33,34-14-18-36(65-3)19-15-34)35-16-20-37(66-4)21-17-35/h1,8-12,14-21,23-26,38-41,45-50H,13,22,27-31H2,2-6H3,(H,54,59,62)(H,55,60,63)/t38-,39-,40-,41-,45-,46-,47-,48-,49-,50-,77?/m1/s1. The highest BCUT2D eigenvalue weighted by Gasteiger charge is 2.55. The number of Topliss-reactive ketones (excluding diaryl/α,β-unsaturated/α-hetero) is 1. The SMILES string of the molecule is C#CCO[C@@H]1CSSC[C@H]1OP(=O)(OC[C@H]1O[C@@H](n2ccc(=O)[nH]c2=O)[C@H](OC)[C@@H]1OC(=O)CCC(C)=O)O[C@H]1[C@@H](OC)[C@H](n2ccc(=O)[nH]c2=O)O[C@@H]1COC(c1ccccc1)(c1ccc(OC)cc1)c1ccc(OC)cc1. The topological polar surface area (TPSA) is 272 Å². The molecule has 0 amide bonds. The van der Waals surface area contributed by atoms with E-state index in [9.17, 15) is 28.8 Å². The molecule has 11 atom stereocenters. The van der Waals surface area contributed by atoms with E-state index in [2.05, 4.69) is 15.9 Å². The van der Waals surface area contributed by atoms with Crippen molar-refractivity contribution in [3.8, 4) is 23.8 Å². The van der Waals surface area contributed by atoms with Gasteiger partial charge in [0.05, 0.1) is 40.0 Å². The van der Waals surface area contributed by atoms with Gasteiger partial charge in [0.2, 0.25) is 0 Å². The van der Waals surface area contributed by atoms with E-state index in [0.717, 1.165) is 27.5 Å². The molecule has 2 aromatic heterocycles. The average molecular weight is 1150 g/mol. The van der Waals surface area contributed by atoms with Crippen molar-refractivity contribution in [1.82, 2.24) is 19.1 Å². The lowest BCUT2D eigenvalue weighted by Gasteiger charge is -2.38. The first kappa shape index (κ1) is 59.0. The van der Waals surface area contributed by atoms with Gasteiger partial charge in [-0.15, -0.1) is 6.42 Å². The molecule has 79 heavy (non-hydrogen) atoms. The van der Waals surface area contributed by atoms with Crippen LogP contribution in [0.2, 0.25) is 0 Å². The molecule has 0 radical (unpaired) electrons. The highest BCUT2D eigenvalue weighted by atomic mass is 33.1. The number of carbonyl (C=O) groups excluding carboxylic acids is 2. The maximum absolute atomic E-state index is 16.1. The van der Waals surface area contributed by atoms with Gasteiger partial charge in [-0.3, -0.25) is 47.1 Å². The number of hydrogen-bond acceptors (Lipinski definition) is 21. The minimum absolute atomic E-state index is 0.124. The summed E-state index contributed by atoms with van der Waals surface area (Å²) in [5.74, 6) is 3.00. The van der Waals surface area contributed by atoms with Crippen molar-refractivity contribution in [1.29, 1.82) is 0 Å². The van der Waals surface area contributed by atoms with Crippen molar-refractivity contribution < 1.29 is 70.4 Å². The Labute approximate surface area is 460 Å². The van der Waals surface area contributed by atoms with Gasteiger partial charge in [-0.1, -0.05) is 82.1 Å². The third-order valence-corrected chi connectivity index (χ3v) is 17.1. The zero-order valence-electron chi connectivity index (χ0n) is 43.5. The Morgan fingerprint density at radius 3 is 1.71 bits per heavy atom. The third-order valence-electron chi connectivity index (χ3n) is 13.2. The molecule has 23 nitrogen and oxygen atoms in total. The van der Waals surface area contributed by atoms with E-state index in [1.165, 1.54) is 48.9 Å². The fourth-order valence-corrected chi connectivity index (χ4v) is 13.5. The fraction of sp³-hybridized carbons (Fsp3) is 0.434. The van der Waals surface area contributed by atoms with Crippen LogP contribution in [0, 0.1) is 12.3 Å². The monoisotopic (exact) mass is 1150 g/mol. The first-order valence-electron chi connectivity index (χ1n) is 24.7. The molecule has 3 aliphatic rings. The van der Waals surface area contributed by atoms with Crippen LogP contribution in [0.4, 0.5) is 0 Å². The van der Waals surface area contributed by atoms with Crippen LogP contribution in [0.3, 0.4) is 0 Å². The number of rotatable bonds is 25. The van der Waals surface area contributed by atoms with Crippen molar-refractivity contribution >= 4 is 41.2 Å². The smallest absolute Gasteiger partial charge is 0.475 e. The summed E-state index contributed by atoms with van der Waals surface area (Å²) < 4.78 is 92.8. The van der Waals surface area contributed by atoms with Gasteiger partial charge in [-0.2, -0.15) is 0 Å². The molecule has 0 bridgehead atoms. The second-order valence-corrected chi connectivity index (χ2v) is 22.2. The van der Waals surface area contributed by atoms with Gasteiger partial charge in [0.1, 0.15) is 66.1 Å². The second kappa shape index (κ2) is 26.9. The summed E-state index contributed by atoms with van der Waals surface area (Å²) in [7, 11) is 3.42. The molecule has 5 aromatic rings. The van der Waals surface area contributed by atoms with Crippen molar-refractivity contribution in [3.05, 3.63) is 162 Å². The fourth-order valence-electron chi connectivity index (χ4n) is 9.35. The lowest BCUT2D eigenvalue weighted by Crippen LogP contribution is -2.43. The number of phosphoric ester groups is 1. The molecule has 3 aliphatic heterocycles. The number of ketones is 1. The van der Waals surface area contributed by atoms with Gasteiger partial charge in [0.25, 0.3) is 11.1 Å². The molecule has 3 saturated heterocycles. The minimum Gasteiger partial charge on any atom is -0.497 e. The number of carbonyl (C=O) groups is 2. The number of benzene rings is 3. The summed E-state index contributed by atoms with van der Waals surface area (Å²) in [6.45, 7) is 0.0411. The maximum atomic E-state index is 16.1. The zero-order valence-corrected chi connectivity index (χ0v) is 46.1. The van der Waals surface area contributed by atoms with E-state index in [4.69, 9.17) is 62.6 Å². The molecule has 8 rings (SSSR count). The third kappa shape index (κ3) is 13.7. The summed E-state index contributed by atoms with van der Waals surface area (Å²) >= 11 is 0. The van der Waals surface area contributed by atoms with E-state index < -0.39 is 116 Å². The number of terminal acetylenes is 1. The molecule has 0 saturated carbocycles. The predicted octanol–water partition coefficient (Wildman–Crippen LogP) is 4.53. The summed E-state index contributed by atoms with van der Waals surface area (Å²) in [5.41, 5.74) is -2.64.